The van der Waals surface area contributed by atoms with E-state index in [9.17, 15) is 9.59 Å². The summed E-state index contributed by atoms with van der Waals surface area (Å²) < 4.78 is 0. The highest BCUT2D eigenvalue weighted by Crippen LogP contribution is 2.29. The van der Waals surface area contributed by atoms with Crippen LogP contribution >= 0.6 is 0 Å². The number of rotatable bonds is 4. The Morgan fingerprint density at radius 1 is 1.04 bits per heavy atom. The number of likely N-dealkylation sites (tertiary alicyclic amines) is 1. The molecule has 1 atom stereocenters. The van der Waals surface area contributed by atoms with Crippen LogP contribution in [-0.4, -0.2) is 29.3 Å². The molecule has 0 radical (unpaired) electrons. The molecule has 1 N–H and O–H groups in total. The largest absolute Gasteiger partial charge is 0.352 e. The summed E-state index contributed by atoms with van der Waals surface area (Å²) in [6, 6.07) is 14.8. The lowest BCUT2D eigenvalue weighted by Gasteiger charge is -2.36. The van der Waals surface area contributed by atoms with Crippen LogP contribution in [0.3, 0.4) is 0 Å². The van der Waals surface area contributed by atoms with E-state index in [1.165, 1.54) is 23.6 Å². The summed E-state index contributed by atoms with van der Waals surface area (Å²) in [5.41, 5.74) is 1.14. The van der Waals surface area contributed by atoms with Crippen LogP contribution in [0.4, 0.5) is 0 Å². The van der Waals surface area contributed by atoms with Gasteiger partial charge in [0.25, 0.3) is 0 Å². The molecule has 0 aromatic heterocycles. The lowest BCUT2D eigenvalue weighted by Crippen LogP contribution is -2.49. The van der Waals surface area contributed by atoms with Crippen LogP contribution in [0.2, 0.25) is 0 Å². The molecule has 0 bridgehead atoms. The van der Waals surface area contributed by atoms with Gasteiger partial charge in [-0.25, -0.2) is 0 Å². The van der Waals surface area contributed by atoms with Crippen molar-refractivity contribution in [2.24, 2.45) is 5.92 Å². The Labute approximate surface area is 154 Å². The monoisotopic (exact) mass is 350 g/mol. The van der Waals surface area contributed by atoms with E-state index in [-0.39, 0.29) is 17.7 Å². The maximum atomic E-state index is 12.7. The van der Waals surface area contributed by atoms with Crippen molar-refractivity contribution in [2.45, 2.75) is 51.1 Å². The number of benzene rings is 2. The van der Waals surface area contributed by atoms with E-state index >= 15 is 0 Å². The highest BCUT2D eigenvalue weighted by atomic mass is 16.2. The summed E-state index contributed by atoms with van der Waals surface area (Å²) in [5, 5.41) is 5.48. The first-order chi connectivity index (χ1) is 12.7. The van der Waals surface area contributed by atoms with Gasteiger partial charge in [0.05, 0.1) is 5.92 Å². The van der Waals surface area contributed by atoms with E-state index < -0.39 is 0 Å². The first-order valence-electron chi connectivity index (χ1n) is 9.76. The number of hydrogen-bond donors (Lipinski definition) is 1. The third-order valence-corrected chi connectivity index (χ3v) is 5.91. The number of amides is 2. The van der Waals surface area contributed by atoms with E-state index in [0.29, 0.717) is 32.0 Å². The van der Waals surface area contributed by atoms with E-state index in [1.54, 1.807) is 0 Å². The SMILES string of the molecule is O=C(NCc1cccc2ccccc12)C1CCC(=O)N(C2CCCC2)C1. The molecule has 2 fully saturated rings. The molecule has 1 unspecified atom stereocenters. The third kappa shape index (κ3) is 3.46. The lowest BCUT2D eigenvalue weighted by molar-refractivity contribution is -0.140. The predicted molar refractivity (Wildman–Crippen MR) is 102 cm³/mol. The topological polar surface area (TPSA) is 49.4 Å². The molecule has 1 aliphatic heterocycles. The highest BCUT2D eigenvalue weighted by molar-refractivity contribution is 5.87. The van der Waals surface area contributed by atoms with Crippen LogP contribution < -0.4 is 5.32 Å². The van der Waals surface area contributed by atoms with Crippen LogP contribution in [0.5, 0.6) is 0 Å². The number of piperidine rings is 1. The first kappa shape index (κ1) is 17.1. The zero-order chi connectivity index (χ0) is 17.9. The second-order valence-electron chi connectivity index (χ2n) is 7.58. The number of nitrogens with zero attached hydrogens (tertiary/aromatic N) is 1. The van der Waals surface area contributed by atoms with Crippen molar-refractivity contribution in [1.82, 2.24) is 10.2 Å². The van der Waals surface area contributed by atoms with E-state index in [0.717, 1.165) is 18.4 Å². The number of nitrogens with one attached hydrogen (secondary N) is 1. The number of carbonyl (C=O) groups is 2. The molecule has 2 aromatic carbocycles. The quantitative estimate of drug-likeness (QED) is 0.915. The molecule has 1 saturated carbocycles. The summed E-state index contributed by atoms with van der Waals surface area (Å²) in [6.07, 6.45) is 5.76. The van der Waals surface area contributed by atoms with Gasteiger partial charge in [-0.15, -0.1) is 0 Å². The Bertz CT molecular complexity index is 805. The van der Waals surface area contributed by atoms with Crippen molar-refractivity contribution in [3.63, 3.8) is 0 Å². The van der Waals surface area contributed by atoms with Gasteiger partial charge in [0.2, 0.25) is 11.8 Å². The van der Waals surface area contributed by atoms with Crippen LogP contribution in [0.1, 0.15) is 44.1 Å². The fourth-order valence-electron chi connectivity index (χ4n) is 4.43. The van der Waals surface area contributed by atoms with Gasteiger partial charge < -0.3 is 10.2 Å². The standard InChI is InChI=1S/C22H26N2O2/c25-21-13-12-18(15-24(21)19-9-2-3-10-19)22(26)23-14-17-8-5-7-16-6-1-4-11-20(16)17/h1,4-8,11,18-19H,2-3,9-10,12-15H2,(H,23,26). The van der Waals surface area contributed by atoms with Crippen molar-refractivity contribution in [3.05, 3.63) is 48.0 Å². The Balaban J connectivity index is 1.40. The van der Waals surface area contributed by atoms with Gasteiger partial charge in [-0.3, -0.25) is 9.59 Å². The predicted octanol–water partition coefficient (Wildman–Crippen LogP) is 3.64. The van der Waals surface area contributed by atoms with Gasteiger partial charge in [0.1, 0.15) is 0 Å². The van der Waals surface area contributed by atoms with Crippen molar-refractivity contribution in [1.29, 1.82) is 0 Å². The third-order valence-electron chi connectivity index (χ3n) is 5.91. The van der Waals surface area contributed by atoms with Gasteiger partial charge in [0, 0.05) is 25.6 Å². The number of hydrogen-bond acceptors (Lipinski definition) is 2. The van der Waals surface area contributed by atoms with Gasteiger partial charge in [-0.2, -0.15) is 0 Å². The maximum Gasteiger partial charge on any atom is 0.225 e. The fraction of sp³-hybridized carbons (Fsp3) is 0.455. The van der Waals surface area contributed by atoms with Gasteiger partial charge in [-0.05, 0) is 35.6 Å². The molecule has 136 valence electrons. The van der Waals surface area contributed by atoms with Gasteiger partial charge in [0.15, 0.2) is 0 Å². The minimum atomic E-state index is -0.0803. The molecule has 2 aromatic rings. The van der Waals surface area contributed by atoms with Crippen molar-refractivity contribution < 1.29 is 9.59 Å². The molecule has 1 aliphatic carbocycles. The average molecular weight is 350 g/mol. The minimum Gasteiger partial charge on any atom is -0.352 e. The van der Waals surface area contributed by atoms with Crippen LogP contribution in [0.25, 0.3) is 10.8 Å². The molecule has 4 heteroatoms. The molecule has 2 amide bonds. The van der Waals surface area contributed by atoms with Crippen molar-refractivity contribution in [3.8, 4) is 0 Å². The van der Waals surface area contributed by atoms with Crippen LogP contribution in [0.15, 0.2) is 42.5 Å². The van der Waals surface area contributed by atoms with Gasteiger partial charge in [-0.1, -0.05) is 55.3 Å². The smallest absolute Gasteiger partial charge is 0.225 e. The van der Waals surface area contributed by atoms with E-state index in [2.05, 4.69) is 29.6 Å². The summed E-state index contributed by atoms with van der Waals surface area (Å²) in [5.74, 6) is 0.228. The average Bonchev–Trinajstić information content (AvgIpc) is 3.21. The minimum absolute atomic E-state index is 0.0773. The molecular formula is C22H26N2O2. The maximum absolute atomic E-state index is 12.7. The number of carbonyl (C=O) groups excluding carboxylic acids is 2. The molecule has 26 heavy (non-hydrogen) atoms. The number of fused-ring (bicyclic) bond motifs is 1. The van der Waals surface area contributed by atoms with Crippen molar-refractivity contribution in [2.75, 3.05) is 6.54 Å². The van der Waals surface area contributed by atoms with Crippen LogP contribution in [0, 0.1) is 5.92 Å². The second-order valence-corrected chi connectivity index (χ2v) is 7.58. The zero-order valence-corrected chi connectivity index (χ0v) is 15.1. The molecule has 4 nitrogen and oxygen atoms in total. The summed E-state index contributed by atoms with van der Waals surface area (Å²) in [4.78, 5) is 27.0. The first-order valence-corrected chi connectivity index (χ1v) is 9.76. The molecule has 0 spiro atoms. The summed E-state index contributed by atoms with van der Waals surface area (Å²) in [6.45, 7) is 1.12. The summed E-state index contributed by atoms with van der Waals surface area (Å²) >= 11 is 0. The lowest BCUT2D eigenvalue weighted by atomic mass is 9.94. The Kier molecular flexibility index (Phi) is 4.91. The normalized spacial score (nSPS) is 21.3. The second kappa shape index (κ2) is 7.48. The molecule has 1 heterocycles. The fourth-order valence-corrected chi connectivity index (χ4v) is 4.43. The zero-order valence-electron chi connectivity index (χ0n) is 15.1. The van der Waals surface area contributed by atoms with Crippen molar-refractivity contribution >= 4 is 22.6 Å². The Morgan fingerprint density at radius 3 is 2.65 bits per heavy atom. The molecular weight excluding hydrogens is 324 g/mol. The Hall–Kier alpha value is -2.36. The molecule has 4 rings (SSSR count). The van der Waals surface area contributed by atoms with Gasteiger partial charge >= 0.3 is 0 Å². The molecule has 2 aliphatic rings. The van der Waals surface area contributed by atoms with E-state index in [4.69, 9.17) is 0 Å². The molecule has 1 saturated heterocycles. The highest BCUT2D eigenvalue weighted by Gasteiger charge is 2.35. The Morgan fingerprint density at radius 2 is 1.81 bits per heavy atom. The van der Waals surface area contributed by atoms with E-state index in [1.807, 2.05) is 23.1 Å². The summed E-state index contributed by atoms with van der Waals surface area (Å²) in [7, 11) is 0. The van der Waals surface area contributed by atoms with Crippen LogP contribution in [-0.2, 0) is 16.1 Å².